The number of rotatable bonds is 2. The monoisotopic (exact) mass is 348 g/mol. The Balaban J connectivity index is 1.68. The third-order valence-electron chi connectivity index (χ3n) is 4.37. The van der Waals surface area contributed by atoms with Gasteiger partial charge >= 0.3 is 6.18 Å². The van der Waals surface area contributed by atoms with Gasteiger partial charge in [-0.2, -0.15) is 13.2 Å². The fourth-order valence-electron chi connectivity index (χ4n) is 3.00. The van der Waals surface area contributed by atoms with Crippen molar-refractivity contribution in [1.29, 1.82) is 0 Å². The van der Waals surface area contributed by atoms with E-state index in [0.717, 1.165) is 17.8 Å². The summed E-state index contributed by atoms with van der Waals surface area (Å²) in [4.78, 5) is 16.3. The Kier molecular flexibility index (Phi) is 4.70. The van der Waals surface area contributed by atoms with Crippen LogP contribution in [0.15, 0.2) is 48.5 Å². The van der Waals surface area contributed by atoms with Gasteiger partial charge in [-0.05, 0) is 42.8 Å². The molecule has 0 aliphatic carbocycles. The molecule has 132 valence electrons. The Labute approximate surface area is 144 Å². The third-order valence-corrected chi connectivity index (χ3v) is 4.37. The first kappa shape index (κ1) is 17.3. The van der Waals surface area contributed by atoms with Crippen molar-refractivity contribution >= 4 is 11.6 Å². The summed E-state index contributed by atoms with van der Waals surface area (Å²) in [5.41, 5.74) is 1.56. The number of benzene rings is 2. The van der Waals surface area contributed by atoms with Gasteiger partial charge in [0, 0.05) is 37.4 Å². The smallest absolute Gasteiger partial charge is 0.368 e. The summed E-state index contributed by atoms with van der Waals surface area (Å²) in [6, 6.07) is 12.7. The highest BCUT2D eigenvalue weighted by Crippen LogP contribution is 2.30. The molecule has 2 aromatic carbocycles. The lowest BCUT2D eigenvalue weighted by Gasteiger charge is -2.36. The van der Waals surface area contributed by atoms with Crippen LogP contribution in [-0.2, 0) is 6.18 Å². The zero-order valence-electron chi connectivity index (χ0n) is 13.9. The molecule has 0 spiro atoms. The van der Waals surface area contributed by atoms with E-state index >= 15 is 0 Å². The normalized spacial score (nSPS) is 15.4. The molecule has 0 atom stereocenters. The van der Waals surface area contributed by atoms with Gasteiger partial charge in [0.25, 0.3) is 5.91 Å². The van der Waals surface area contributed by atoms with Crippen molar-refractivity contribution in [2.45, 2.75) is 13.1 Å². The van der Waals surface area contributed by atoms with Crippen molar-refractivity contribution in [3.63, 3.8) is 0 Å². The lowest BCUT2D eigenvalue weighted by Crippen LogP contribution is -2.48. The van der Waals surface area contributed by atoms with E-state index < -0.39 is 11.7 Å². The molecule has 1 heterocycles. The highest BCUT2D eigenvalue weighted by atomic mass is 19.4. The molecule has 0 bridgehead atoms. The number of nitrogens with zero attached hydrogens (tertiary/aromatic N) is 2. The highest BCUT2D eigenvalue weighted by Gasteiger charge is 2.31. The Morgan fingerprint density at radius 3 is 2.28 bits per heavy atom. The van der Waals surface area contributed by atoms with Gasteiger partial charge in [-0.15, -0.1) is 0 Å². The Hall–Kier alpha value is -2.50. The van der Waals surface area contributed by atoms with Crippen LogP contribution in [0.5, 0.6) is 0 Å². The molecule has 0 unspecified atom stereocenters. The van der Waals surface area contributed by atoms with Gasteiger partial charge in [-0.3, -0.25) is 4.79 Å². The van der Waals surface area contributed by atoms with Crippen LogP contribution < -0.4 is 4.90 Å². The number of piperazine rings is 1. The first-order chi connectivity index (χ1) is 11.8. The topological polar surface area (TPSA) is 23.6 Å². The van der Waals surface area contributed by atoms with E-state index in [-0.39, 0.29) is 11.5 Å². The van der Waals surface area contributed by atoms with Crippen LogP contribution in [-0.4, -0.2) is 37.0 Å². The van der Waals surface area contributed by atoms with Gasteiger partial charge in [0.2, 0.25) is 0 Å². The van der Waals surface area contributed by atoms with Crippen LogP contribution in [0.2, 0.25) is 0 Å². The molecule has 25 heavy (non-hydrogen) atoms. The fourth-order valence-corrected chi connectivity index (χ4v) is 3.00. The standard InChI is InChI=1S/C19H19F3N2O/c1-14-4-2-7-17(12-14)23-8-10-24(11-9-23)18(25)15-5-3-6-16(13-15)19(20,21)22/h2-7,12-13H,8-11H2,1H3. The molecule has 0 radical (unpaired) electrons. The summed E-state index contributed by atoms with van der Waals surface area (Å²) in [6.07, 6.45) is -4.44. The van der Waals surface area contributed by atoms with Crippen LogP contribution in [0.4, 0.5) is 18.9 Å². The predicted octanol–water partition coefficient (Wildman–Crippen LogP) is 3.98. The second-order valence-electron chi connectivity index (χ2n) is 6.20. The maximum atomic E-state index is 12.8. The van der Waals surface area contributed by atoms with Gasteiger partial charge in [-0.25, -0.2) is 0 Å². The number of carbonyl (C=O) groups excluding carboxylic acids is 1. The number of hydrogen-bond donors (Lipinski definition) is 0. The van der Waals surface area contributed by atoms with Crippen molar-refractivity contribution in [2.75, 3.05) is 31.1 Å². The van der Waals surface area contributed by atoms with Gasteiger partial charge in [-0.1, -0.05) is 18.2 Å². The second kappa shape index (κ2) is 6.78. The number of amides is 1. The zero-order valence-corrected chi connectivity index (χ0v) is 13.9. The minimum Gasteiger partial charge on any atom is -0.368 e. The van der Waals surface area contributed by atoms with Crippen LogP contribution in [0.1, 0.15) is 21.5 Å². The van der Waals surface area contributed by atoms with E-state index in [1.807, 2.05) is 25.1 Å². The first-order valence-electron chi connectivity index (χ1n) is 8.13. The quantitative estimate of drug-likeness (QED) is 0.820. The number of carbonyl (C=O) groups is 1. The molecule has 0 aromatic heterocycles. The summed E-state index contributed by atoms with van der Waals surface area (Å²) >= 11 is 0. The van der Waals surface area contributed by atoms with E-state index in [1.165, 1.54) is 17.7 Å². The lowest BCUT2D eigenvalue weighted by molar-refractivity contribution is -0.137. The van der Waals surface area contributed by atoms with Crippen LogP contribution >= 0.6 is 0 Å². The molecule has 0 saturated carbocycles. The summed E-state index contributed by atoms with van der Waals surface area (Å²) in [6.45, 7) is 4.32. The number of alkyl halides is 3. The minimum absolute atomic E-state index is 0.0823. The lowest BCUT2D eigenvalue weighted by atomic mass is 10.1. The summed E-state index contributed by atoms with van der Waals surface area (Å²) < 4.78 is 38.4. The largest absolute Gasteiger partial charge is 0.416 e. The molecule has 0 N–H and O–H groups in total. The van der Waals surface area contributed by atoms with Gasteiger partial charge in [0.1, 0.15) is 0 Å². The predicted molar refractivity (Wildman–Crippen MR) is 90.7 cm³/mol. The van der Waals surface area contributed by atoms with Crippen molar-refractivity contribution in [3.05, 3.63) is 65.2 Å². The molecule has 3 nitrogen and oxygen atoms in total. The minimum atomic E-state index is -4.44. The van der Waals surface area contributed by atoms with E-state index in [9.17, 15) is 18.0 Å². The summed E-state index contributed by atoms with van der Waals surface area (Å²) in [7, 11) is 0. The average Bonchev–Trinajstić information content (AvgIpc) is 2.61. The summed E-state index contributed by atoms with van der Waals surface area (Å²) in [5, 5.41) is 0. The van der Waals surface area contributed by atoms with Crippen molar-refractivity contribution in [1.82, 2.24) is 4.90 Å². The van der Waals surface area contributed by atoms with Crippen molar-refractivity contribution in [3.8, 4) is 0 Å². The molecular weight excluding hydrogens is 329 g/mol. The van der Waals surface area contributed by atoms with E-state index in [4.69, 9.17) is 0 Å². The number of halogens is 3. The molecule has 1 saturated heterocycles. The van der Waals surface area contributed by atoms with Gasteiger partial charge < -0.3 is 9.80 Å². The second-order valence-corrected chi connectivity index (χ2v) is 6.20. The average molecular weight is 348 g/mol. The maximum Gasteiger partial charge on any atom is 0.416 e. The maximum absolute atomic E-state index is 12.8. The summed E-state index contributed by atoms with van der Waals surface area (Å²) in [5.74, 6) is -0.352. The van der Waals surface area contributed by atoms with E-state index in [2.05, 4.69) is 11.0 Å². The molecule has 1 fully saturated rings. The van der Waals surface area contributed by atoms with Gasteiger partial charge in [0.05, 0.1) is 5.56 Å². The molecular formula is C19H19F3N2O. The van der Waals surface area contributed by atoms with E-state index in [0.29, 0.717) is 26.2 Å². The third kappa shape index (κ3) is 3.95. The molecule has 2 aromatic rings. The van der Waals surface area contributed by atoms with Crippen LogP contribution in [0, 0.1) is 6.92 Å². The van der Waals surface area contributed by atoms with Crippen molar-refractivity contribution < 1.29 is 18.0 Å². The fraction of sp³-hybridized carbons (Fsp3) is 0.316. The molecule has 6 heteroatoms. The Morgan fingerprint density at radius 1 is 0.960 bits per heavy atom. The van der Waals surface area contributed by atoms with Crippen LogP contribution in [0.25, 0.3) is 0 Å². The Morgan fingerprint density at radius 2 is 1.64 bits per heavy atom. The van der Waals surface area contributed by atoms with E-state index in [1.54, 1.807) is 4.90 Å². The zero-order chi connectivity index (χ0) is 18.0. The molecule has 1 amide bonds. The molecule has 1 aliphatic rings. The SMILES string of the molecule is Cc1cccc(N2CCN(C(=O)c3cccc(C(F)(F)F)c3)CC2)c1. The van der Waals surface area contributed by atoms with Gasteiger partial charge in [0.15, 0.2) is 0 Å². The number of anilines is 1. The Bertz CT molecular complexity index is 765. The number of hydrogen-bond acceptors (Lipinski definition) is 2. The molecule has 3 rings (SSSR count). The van der Waals surface area contributed by atoms with Crippen molar-refractivity contribution in [2.24, 2.45) is 0 Å². The van der Waals surface area contributed by atoms with Crippen LogP contribution in [0.3, 0.4) is 0 Å². The first-order valence-corrected chi connectivity index (χ1v) is 8.13. The molecule has 1 aliphatic heterocycles. The highest BCUT2D eigenvalue weighted by molar-refractivity contribution is 5.94. The number of aryl methyl sites for hydroxylation is 1.